The highest BCUT2D eigenvalue weighted by Gasteiger charge is 2.15. The van der Waals surface area contributed by atoms with Gasteiger partial charge in [0.1, 0.15) is 0 Å². The van der Waals surface area contributed by atoms with Crippen LogP contribution in [0.5, 0.6) is 0 Å². The summed E-state index contributed by atoms with van der Waals surface area (Å²) in [4.78, 5) is 2.35. The van der Waals surface area contributed by atoms with Crippen molar-refractivity contribution in [3.63, 3.8) is 0 Å². The van der Waals surface area contributed by atoms with Crippen LogP contribution in [-0.2, 0) is 6.54 Å². The first-order valence-electron chi connectivity index (χ1n) is 5.59. The fraction of sp³-hybridized carbons (Fsp3) is 0.538. The molecule has 2 unspecified atom stereocenters. The molecule has 1 aromatic rings. The van der Waals surface area contributed by atoms with Crippen LogP contribution in [0.3, 0.4) is 0 Å². The molecule has 0 aliphatic heterocycles. The van der Waals surface area contributed by atoms with Gasteiger partial charge >= 0.3 is 0 Å². The van der Waals surface area contributed by atoms with Crippen LogP contribution < -0.4 is 5.73 Å². The molecule has 2 nitrogen and oxygen atoms in total. The quantitative estimate of drug-likeness (QED) is 0.799. The molecular weight excluding hydrogens is 184 g/mol. The average molecular weight is 206 g/mol. The van der Waals surface area contributed by atoms with Crippen LogP contribution in [0.25, 0.3) is 0 Å². The molecule has 2 heteroatoms. The zero-order valence-corrected chi connectivity index (χ0v) is 9.98. The molecule has 0 fully saturated rings. The molecule has 1 aromatic carbocycles. The standard InChI is InChI=1S/C13H22N2/c1-11(9-14)12(2)15(3)10-13-7-5-4-6-8-13/h4-8,11-12H,9-10,14H2,1-3H3. The summed E-state index contributed by atoms with van der Waals surface area (Å²) < 4.78 is 0. The van der Waals surface area contributed by atoms with Gasteiger partial charge in [-0.05, 0) is 32.0 Å². The predicted molar refractivity (Wildman–Crippen MR) is 65.6 cm³/mol. The lowest BCUT2D eigenvalue weighted by atomic mass is 10.0. The third-order valence-electron chi connectivity index (χ3n) is 3.17. The lowest BCUT2D eigenvalue weighted by molar-refractivity contribution is 0.194. The Morgan fingerprint density at radius 2 is 1.80 bits per heavy atom. The summed E-state index contributed by atoms with van der Waals surface area (Å²) in [5.41, 5.74) is 7.03. The van der Waals surface area contributed by atoms with Crippen molar-refractivity contribution < 1.29 is 0 Å². The molecule has 0 bridgehead atoms. The maximum atomic E-state index is 5.68. The van der Waals surface area contributed by atoms with Gasteiger partial charge < -0.3 is 5.73 Å². The van der Waals surface area contributed by atoms with E-state index in [0.29, 0.717) is 12.0 Å². The summed E-state index contributed by atoms with van der Waals surface area (Å²) in [6, 6.07) is 11.1. The number of hydrogen-bond donors (Lipinski definition) is 1. The molecule has 0 amide bonds. The van der Waals surface area contributed by atoms with Crippen molar-refractivity contribution >= 4 is 0 Å². The molecule has 0 aromatic heterocycles. The fourth-order valence-electron chi connectivity index (χ4n) is 1.65. The molecule has 1 rings (SSSR count). The Morgan fingerprint density at radius 1 is 1.20 bits per heavy atom. The van der Waals surface area contributed by atoms with E-state index in [1.165, 1.54) is 5.56 Å². The van der Waals surface area contributed by atoms with Crippen LogP contribution in [-0.4, -0.2) is 24.5 Å². The smallest absolute Gasteiger partial charge is 0.0233 e. The van der Waals surface area contributed by atoms with E-state index in [9.17, 15) is 0 Å². The summed E-state index contributed by atoms with van der Waals surface area (Å²) >= 11 is 0. The minimum absolute atomic E-state index is 0.523. The van der Waals surface area contributed by atoms with Gasteiger partial charge in [-0.3, -0.25) is 4.90 Å². The van der Waals surface area contributed by atoms with Crippen molar-refractivity contribution in [1.29, 1.82) is 0 Å². The van der Waals surface area contributed by atoms with Gasteiger partial charge in [-0.15, -0.1) is 0 Å². The van der Waals surface area contributed by atoms with Crippen LogP contribution in [0.1, 0.15) is 19.4 Å². The zero-order chi connectivity index (χ0) is 11.3. The summed E-state index contributed by atoms with van der Waals surface area (Å²) in [5, 5.41) is 0. The molecule has 0 saturated heterocycles. The molecule has 0 aliphatic rings. The lowest BCUT2D eigenvalue weighted by Gasteiger charge is -2.29. The van der Waals surface area contributed by atoms with Crippen LogP contribution in [0, 0.1) is 5.92 Å². The van der Waals surface area contributed by atoms with Crippen molar-refractivity contribution in [3.8, 4) is 0 Å². The van der Waals surface area contributed by atoms with Gasteiger partial charge in [-0.1, -0.05) is 37.3 Å². The van der Waals surface area contributed by atoms with Gasteiger partial charge in [0, 0.05) is 12.6 Å². The van der Waals surface area contributed by atoms with Crippen molar-refractivity contribution in [1.82, 2.24) is 4.90 Å². The minimum atomic E-state index is 0.523. The summed E-state index contributed by atoms with van der Waals surface area (Å²) in [5.74, 6) is 0.540. The molecule has 0 spiro atoms. The largest absolute Gasteiger partial charge is 0.330 e. The molecule has 84 valence electrons. The highest BCUT2D eigenvalue weighted by atomic mass is 15.1. The van der Waals surface area contributed by atoms with Gasteiger partial charge in [-0.2, -0.15) is 0 Å². The summed E-state index contributed by atoms with van der Waals surface area (Å²) in [7, 11) is 2.16. The van der Waals surface area contributed by atoms with E-state index in [-0.39, 0.29) is 0 Å². The van der Waals surface area contributed by atoms with Gasteiger partial charge in [0.15, 0.2) is 0 Å². The summed E-state index contributed by atoms with van der Waals surface area (Å²) in [6.07, 6.45) is 0. The first-order chi connectivity index (χ1) is 7.15. The Labute approximate surface area is 93.1 Å². The van der Waals surface area contributed by atoms with Gasteiger partial charge in [-0.25, -0.2) is 0 Å². The van der Waals surface area contributed by atoms with Crippen molar-refractivity contribution in [2.45, 2.75) is 26.4 Å². The van der Waals surface area contributed by atoms with E-state index in [1.807, 2.05) is 0 Å². The van der Waals surface area contributed by atoms with Gasteiger partial charge in [0.05, 0.1) is 0 Å². The van der Waals surface area contributed by atoms with Crippen LogP contribution in [0.2, 0.25) is 0 Å². The highest BCUT2D eigenvalue weighted by Crippen LogP contribution is 2.11. The van der Waals surface area contributed by atoms with E-state index >= 15 is 0 Å². The lowest BCUT2D eigenvalue weighted by Crippen LogP contribution is -2.37. The van der Waals surface area contributed by atoms with Crippen molar-refractivity contribution in [3.05, 3.63) is 35.9 Å². The zero-order valence-electron chi connectivity index (χ0n) is 9.98. The second kappa shape index (κ2) is 5.89. The second-order valence-corrected chi connectivity index (χ2v) is 4.35. The Morgan fingerprint density at radius 3 is 2.33 bits per heavy atom. The van der Waals surface area contributed by atoms with Crippen LogP contribution in [0.15, 0.2) is 30.3 Å². The van der Waals surface area contributed by atoms with Crippen molar-refractivity contribution in [2.75, 3.05) is 13.6 Å². The molecule has 15 heavy (non-hydrogen) atoms. The average Bonchev–Trinajstić information content (AvgIpc) is 2.28. The van der Waals surface area contributed by atoms with Gasteiger partial charge in [0.25, 0.3) is 0 Å². The first-order valence-corrected chi connectivity index (χ1v) is 5.59. The van der Waals surface area contributed by atoms with Crippen LogP contribution in [0.4, 0.5) is 0 Å². The molecular formula is C13H22N2. The topological polar surface area (TPSA) is 29.3 Å². The Hall–Kier alpha value is -0.860. The molecule has 2 atom stereocenters. The first kappa shape index (κ1) is 12.2. The van der Waals surface area contributed by atoms with Crippen LogP contribution >= 0.6 is 0 Å². The third kappa shape index (κ3) is 3.65. The predicted octanol–water partition coefficient (Wildman–Crippen LogP) is 2.10. The third-order valence-corrected chi connectivity index (χ3v) is 3.17. The van der Waals surface area contributed by atoms with E-state index in [1.54, 1.807) is 0 Å². The Kier molecular flexibility index (Phi) is 4.79. The van der Waals surface area contributed by atoms with Gasteiger partial charge in [0.2, 0.25) is 0 Å². The molecule has 0 saturated carbocycles. The summed E-state index contributed by atoms with van der Waals surface area (Å²) in [6.45, 7) is 6.18. The highest BCUT2D eigenvalue weighted by molar-refractivity contribution is 5.14. The van der Waals surface area contributed by atoms with E-state index in [4.69, 9.17) is 5.73 Å². The number of nitrogens with two attached hydrogens (primary N) is 1. The number of benzene rings is 1. The monoisotopic (exact) mass is 206 g/mol. The van der Waals surface area contributed by atoms with E-state index < -0.39 is 0 Å². The van der Waals surface area contributed by atoms with E-state index in [2.05, 4.69) is 56.1 Å². The molecule has 0 radical (unpaired) electrons. The second-order valence-electron chi connectivity index (χ2n) is 4.35. The number of hydrogen-bond acceptors (Lipinski definition) is 2. The Bertz CT molecular complexity index is 271. The fourth-order valence-corrected chi connectivity index (χ4v) is 1.65. The molecule has 0 heterocycles. The molecule has 0 aliphatic carbocycles. The minimum Gasteiger partial charge on any atom is -0.330 e. The van der Waals surface area contributed by atoms with E-state index in [0.717, 1.165) is 13.1 Å². The normalized spacial score (nSPS) is 15.3. The number of rotatable bonds is 5. The Balaban J connectivity index is 2.52. The maximum absolute atomic E-state index is 5.68. The maximum Gasteiger partial charge on any atom is 0.0233 e. The molecule has 2 N–H and O–H groups in total. The van der Waals surface area contributed by atoms with Crippen molar-refractivity contribution in [2.24, 2.45) is 11.7 Å². The SMILES string of the molecule is CC(CN)C(C)N(C)Cc1ccccc1. The number of nitrogens with zero attached hydrogens (tertiary/aromatic N) is 1.